The van der Waals surface area contributed by atoms with Gasteiger partial charge >= 0.3 is 0 Å². The maximum atomic E-state index is 13.5. The van der Waals surface area contributed by atoms with Crippen molar-refractivity contribution >= 4 is 15.9 Å². The predicted octanol–water partition coefficient (Wildman–Crippen LogP) is 2.83. The number of benzene rings is 2. The van der Waals surface area contributed by atoms with Crippen LogP contribution in [0.3, 0.4) is 0 Å². The number of piperazine rings is 1. The van der Waals surface area contributed by atoms with E-state index in [9.17, 15) is 17.6 Å². The van der Waals surface area contributed by atoms with Gasteiger partial charge in [-0.25, -0.2) is 17.5 Å². The molecule has 1 N–H and O–H groups in total. The van der Waals surface area contributed by atoms with Gasteiger partial charge < -0.3 is 5.32 Å². The molecule has 1 aliphatic heterocycles. The molecule has 1 aromatic heterocycles. The number of nitrogens with zero attached hydrogens (tertiary/aromatic N) is 4. The highest BCUT2D eigenvalue weighted by atomic mass is 32.2. The monoisotopic (exact) mass is 513 g/mol. The van der Waals surface area contributed by atoms with Crippen LogP contribution in [0, 0.1) is 11.7 Å². The van der Waals surface area contributed by atoms with Crippen molar-refractivity contribution in [1.82, 2.24) is 24.3 Å². The minimum absolute atomic E-state index is 0.0551. The van der Waals surface area contributed by atoms with E-state index in [4.69, 9.17) is 5.10 Å². The second kappa shape index (κ2) is 11.3. The molecule has 192 valence electrons. The topological polar surface area (TPSA) is 87.5 Å². The summed E-state index contributed by atoms with van der Waals surface area (Å²) in [5, 5.41) is 7.65. The van der Waals surface area contributed by atoms with Gasteiger partial charge in [-0.05, 0) is 48.7 Å². The Labute approximate surface area is 211 Å². The first-order valence-electron chi connectivity index (χ1n) is 12.1. The van der Waals surface area contributed by atoms with E-state index < -0.39 is 15.8 Å². The third kappa shape index (κ3) is 6.37. The van der Waals surface area contributed by atoms with Crippen molar-refractivity contribution in [3.8, 4) is 5.69 Å². The van der Waals surface area contributed by atoms with E-state index in [-0.39, 0.29) is 30.4 Å². The zero-order valence-electron chi connectivity index (χ0n) is 20.6. The van der Waals surface area contributed by atoms with E-state index in [0.29, 0.717) is 25.6 Å². The van der Waals surface area contributed by atoms with Crippen LogP contribution in [-0.2, 0) is 27.8 Å². The molecule has 0 bridgehead atoms. The predicted molar refractivity (Wildman–Crippen MR) is 136 cm³/mol. The van der Waals surface area contributed by atoms with Gasteiger partial charge in [-0.1, -0.05) is 38.1 Å². The number of carbonyl (C=O) groups excluding carboxylic acids is 1. The third-order valence-corrected chi connectivity index (χ3v) is 7.95. The lowest BCUT2D eigenvalue weighted by molar-refractivity contribution is -0.122. The molecule has 2 aromatic carbocycles. The molecule has 0 radical (unpaired) electrons. The van der Waals surface area contributed by atoms with Crippen molar-refractivity contribution in [3.05, 3.63) is 77.9 Å². The fraction of sp³-hybridized carbons (Fsp3) is 0.385. The van der Waals surface area contributed by atoms with Crippen molar-refractivity contribution in [3.63, 3.8) is 0 Å². The smallest absolute Gasteiger partial charge is 0.243 e. The lowest BCUT2D eigenvalue weighted by Crippen LogP contribution is -2.51. The molecular weight excluding hydrogens is 481 g/mol. The molecule has 1 aliphatic rings. The van der Waals surface area contributed by atoms with Crippen LogP contribution in [0.4, 0.5) is 4.39 Å². The summed E-state index contributed by atoms with van der Waals surface area (Å²) < 4.78 is 42.3. The molecule has 2 heterocycles. The fourth-order valence-corrected chi connectivity index (χ4v) is 5.72. The van der Waals surface area contributed by atoms with Gasteiger partial charge in [0.2, 0.25) is 15.9 Å². The van der Waals surface area contributed by atoms with Crippen molar-refractivity contribution in [2.45, 2.75) is 31.7 Å². The van der Waals surface area contributed by atoms with E-state index >= 15 is 0 Å². The van der Waals surface area contributed by atoms with Gasteiger partial charge in [0.25, 0.3) is 0 Å². The Morgan fingerprint density at radius 2 is 1.75 bits per heavy atom. The first-order chi connectivity index (χ1) is 17.2. The zero-order valence-corrected chi connectivity index (χ0v) is 21.4. The minimum atomic E-state index is -3.76. The van der Waals surface area contributed by atoms with E-state index in [1.165, 1.54) is 22.5 Å². The largest absolute Gasteiger partial charge is 0.349 e. The summed E-state index contributed by atoms with van der Waals surface area (Å²) in [4.78, 5) is 14.5. The SMILES string of the molecule is CC(C)Cc1cc(CNC(=O)CN2CCN(S(=O)(=O)c3cccc(F)c3)CC2)nn1-c1ccccc1. The molecule has 8 nitrogen and oxygen atoms in total. The van der Waals surface area contributed by atoms with Crippen LogP contribution in [-0.4, -0.2) is 66.0 Å². The number of rotatable bonds is 9. The molecule has 36 heavy (non-hydrogen) atoms. The van der Waals surface area contributed by atoms with Crippen LogP contribution in [0.5, 0.6) is 0 Å². The molecule has 0 aliphatic carbocycles. The van der Waals surface area contributed by atoms with Gasteiger partial charge in [-0.15, -0.1) is 0 Å². The number of aromatic nitrogens is 2. The van der Waals surface area contributed by atoms with Gasteiger partial charge in [0.15, 0.2) is 0 Å². The number of halogens is 1. The molecule has 1 amide bonds. The third-order valence-electron chi connectivity index (χ3n) is 6.05. The van der Waals surface area contributed by atoms with Crippen molar-refractivity contribution in [2.24, 2.45) is 5.92 Å². The Kier molecular flexibility index (Phi) is 8.17. The van der Waals surface area contributed by atoms with Crippen LogP contribution < -0.4 is 5.32 Å². The molecule has 3 aromatic rings. The lowest BCUT2D eigenvalue weighted by Gasteiger charge is -2.33. The summed E-state index contributed by atoms with van der Waals surface area (Å²) >= 11 is 0. The van der Waals surface area contributed by atoms with Crippen molar-refractivity contribution in [1.29, 1.82) is 0 Å². The maximum absolute atomic E-state index is 13.5. The number of sulfonamides is 1. The summed E-state index contributed by atoms with van der Waals surface area (Å²) in [7, 11) is -3.76. The Morgan fingerprint density at radius 1 is 1.03 bits per heavy atom. The molecule has 1 saturated heterocycles. The fourth-order valence-electron chi connectivity index (χ4n) is 4.27. The highest BCUT2D eigenvalue weighted by Gasteiger charge is 2.29. The highest BCUT2D eigenvalue weighted by molar-refractivity contribution is 7.89. The summed E-state index contributed by atoms with van der Waals surface area (Å²) in [6.07, 6.45) is 0.874. The molecule has 0 spiro atoms. The normalized spacial score (nSPS) is 15.3. The number of nitrogens with one attached hydrogen (secondary N) is 1. The van der Waals surface area contributed by atoms with E-state index in [1.807, 2.05) is 46.0 Å². The standard InChI is InChI=1S/C26H32FN5O3S/c1-20(2)15-24-17-22(29-32(24)23-8-4-3-5-9-23)18-28-26(33)19-30-11-13-31(14-12-30)36(34,35)25-10-6-7-21(27)16-25/h3-10,16-17,20H,11-15,18-19H2,1-2H3,(H,28,33). The minimum Gasteiger partial charge on any atom is -0.349 e. The van der Waals surface area contributed by atoms with Gasteiger partial charge in [-0.2, -0.15) is 9.40 Å². The van der Waals surface area contributed by atoms with Crippen LogP contribution in [0.2, 0.25) is 0 Å². The summed E-state index contributed by atoms with van der Waals surface area (Å²) in [5.74, 6) is -0.262. The molecule has 0 saturated carbocycles. The summed E-state index contributed by atoms with van der Waals surface area (Å²) in [5.41, 5.74) is 2.86. The van der Waals surface area contributed by atoms with E-state index in [0.717, 1.165) is 29.6 Å². The van der Waals surface area contributed by atoms with Crippen LogP contribution in [0.15, 0.2) is 65.6 Å². The second-order valence-corrected chi connectivity index (χ2v) is 11.3. The van der Waals surface area contributed by atoms with E-state index in [1.54, 1.807) is 0 Å². The Hall–Kier alpha value is -3.08. The van der Waals surface area contributed by atoms with Gasteiger partial charge in [0, 0.05) is 31.9 Å². The van der Waals surface area contributed by atoms with Gasteiger partial charge in [-0.3, -0.25) is 9.69 Å². The summed E-state index contributed by atoms with van der Waals surface area (Å²) in [6, 6.07) is 17.0. The van der Waals surface area contributed by atoms with Gasteiger partial charge in [0.1, 0.15) is 5.82 Å². The van der Waals surface area contributed by atoms with Crippen molar-refractivity contribution in [2.75, 3.05) is 32.7 Å². The Morgan fingerprint density at radius 3 is 2.42 bits per heavy atom. The average molecular weight is 514 g/mol. The molecule has 0 atom stereocenters. The molecule has 0 unspecified atom stereocenters. The first kappa shape index (κ1) is 26.0. The number of amides is 1. The van der Waals surface area contributed by atoms with Crippen molar-refractivity contribution < 1.29 is 17.6 Å². The first-order valence-corrected chi connectivity index (χ1v) is 13.5. The second-order valence-electron chi connectivity index (χ2n) is 9.39. The molecular formula is C26H32FN5O3S. The van der Waals surface area contributed by atoms with Gasteiger partial charge in [0.05, 0.1) is 29.4 Å². The molecule has 1 fully saturated rings. The van der Waals surface area contributed by atoms with E-state index in [2.05, 4.69) is 19.2 Å². The number of carbonyl (C=O) groups is 1. The van der Waals surface area contributed by atoms with Crippen LogP contribution in [0.25, 0.3) is 5.69 Å². The lowest BCUT2D eigenvalue weighted by atomic mass is 10.1. The van der Waals surface area contributed by atoms with Crippen LogP contribution in [0.1, 0.15) is 25.2 Å². The number of hydrogen-bond donors (Lipinski definition) is 1. The molecule has 4 rings (SSSR count). The quantitative estimate of drug-likeness (QED) is 0.476. The number of hydrogen-bond acceptors (Lipinski definition) is 5. The molecule has 10 heteroatoms. The average Bonchev–Trinajstić information content (AvgIpc) is 3.25. The highest BCUT2D eigenvalue weighted by Crippen LogP contribution is 2.19. The summed E-state index contributed by atoms with van der Waals surface area (Å²) in [6.45, 7) is 6.13. The Balaban J connectivity index is 1.31. The zero-order chi connectivity index (χ0) is 25.7. The maximum Gasteiger partial charge on any atom is 0.243 e. The number of para-hydroxylation sites is 1. The van der Waals surface area contributed by atoms with Crippen LogP contribution >= 0.6 is 0 Å². The Bertz CT molecular complexity index is 1290.